The van der Waals surface area contributed by atoms with E-state index in [1.807, 2.05) is 0 Å². The lowest BCUT2D eigenvalue weighted by Crippen LogP contribution is -2.29. The molecule has 0 aromatic heterocycles. The zero-order valence-corrected chi connectivity index (χ0v) is 11.5. The van der Waals surface area contributed by atoms with E-state index in [-0.39, 0.29) is 0 Å². The number of hydrogen-bond donors (Lipinski definition) is 1. The Morgan fingerprint density at radius 3 is 2.27 bits per heavy atom. The first-order valence-electron chi connectivity index (χ1n) is 6.69. The van der Waals surface area contributed by atoms with Gasteiger partial charge in [0, 0.05) is 6.04 Å². The predicted octanol–water partition coefficient (Wildman–Crippen LogP) is 4.37. The highest BCUT2D eigenvalue weighted by molar-refractivity contribution is 4.66. The van der Waals surface area contributed by atoms with Crippen LogP contribution in [0.15, 0.2) is 0 Å². The first kappa shape index (κ1) is 15.0. The monoisotopic (exact) mass is 213 g/mol. The minimum absolute atomic E-state index is 0.467. The Hall–Kier alpha value is -0.0400. The Morgan fingerprint density at radius 1 is 1.07 bits per heavy atom. The van der Waals surface area contributed by atoms with Gasteiger partial charge in [0.1, 0.15) is 0 Å². The number of nitrogens with one attached hydrogen (secondary N) is 1. The molecule has 0 aromatic rings. The van der Waals surface area contributed by atoms with Crippen LogP contribution in [0.1, 0.15) is 73.1 Å². The van der Waals surface area contributed by atoms with Crippen molar-refractivity contribution in [2.24, 2.45) is 5.41 Å². The molecule has 0 radical (unpaired) electrons. The van der Waals surface area contributed by atoms with Gasteiger partial charge in [-0.25, -0.2) is 0 Å². The second kappa shape index (κ2) is 8.15. The average Bonchev–Trinajstić information content (AvgIpc) is 2.10. The lowest BCUT2D eigenvalue weighted by Gasteiger charge is -2.20. The fourth-order valence-corrected chi connectivity index (χ4v) is 1.67. The third kappa shape index (κ3) is 11.9. The fraction of sp³-hybridized carbons (Fsp3) is 1.00. The average molecular weight is 213 g/mol. The van der Waals surface area contributed by atoms with Crippen molar-refractivity contribution in [3.8, 4) is 0 Å². The van der Waals surface area contributed by atoms with Gasteiger partial charge < -0.3 is 5.32 Å². The van der Waals surface area contributed by atoms with Crippen molar-refractivity contribution in [3.05, 3.63) is 0 Å². The first-order valence-corrected chi connectivity index (χ1v) is 6.69. The molecule has 0 fully saturated rings. The molecule has 0 amide bonds. The van der Waals surface area contributed by atoms with E-state index in [2.05, 4.69) is 39.9 Å². The molecule has 0 saturated heterocycles. The molecule has 1 unspecified atom stereocenters. The molecule has 0 aromatic carbocycles. The van der Waals surface area contributed by atoms with E-state index < -0.39 is 0 Å². The topological polar surface area (TPSA) is 12.0 Å². The minimum Gasteiger partial charge on any atom is -0.314 e. The van der Waals surface area contributed by atoms with E-state index >= 15 is 0 Å². The number of hydrogen-bond acceptors (Lipinski definition) is 1. The standard InChI is InChI=1S/C14H31N/c1-6-7-8-9-10-13(2)15-12-11-14(3,4)5/h13,15H,6-12H2,1-5H3. The van der Waals surface area contributed by atoms with Crippen molar-refractivity contribution in [1.82, 2.24) is 5.32 Å². The maximum atomic E-state index is 3.62. The number of rotatable bonds is 8. The number of unbranched alkanes of at least 4 members (excludes halogenated alkanes) is 3. The molecule has 0 spiro atoms. The van der Waals surface area contributed by atoms with Gasteiger partial charge in [-0.2, -0.15) is 0 Å². The van der Waals surface area contributed by atoms with Crippen LogP contribution >= 0.6 is 0 Å². The highest BCUT2D eigenvalue weighted by Gasteiger charge is 2.09. The van der Waals surface area contributed by atoms with Gasteiger partial charge in [0.25, 0.3) is 0 Å². The molecule has 1 nitrogen and oxygen atoms in total. The summed E-state index contributed by atoms with van der Waals surface area (Å²) < 4.78 is 0. The molecule has 0 bridgehead atoms. The highest BCUT2D eigenvalue weighted by atomic mass is 14.9. The second-order valence-electron chi connectivity index (χ2n) is 6.02. The van der Waals surface area contributed by atoms with Crippen LogP contribution in [-0.4, -0.2) is 12.6 Å². The van der Waals surface area contributed by atoms with E-state index in [0.717, 1.165) is 0 Å². The summed E-state index contributed by atoms with van der Waals surface area (Å²) in [4.78, 5) is 0. The van der Waals surface area contributed by atoms with Gasteiger partial charge in [0.05, 0.1) is 0 Å². The van der Waals surface area contributed by atoms with E-state index in [1.54, 1.807) is 0 Å². The van der Waals surface area contributed by atoms with Crippen LogP contribution in [0.25, 0.3) is 0 Å². The van der Waals surface area contributed by atoms with Gasteiger partial charge in [-0.05, 0) is 31.7 Å². The highest BCUT2D eigenvalue weighted by Crippen LogP contribution is 2.17. The van der Waals surface area contributed by atoms with Crippen LogP contribution in [0.2, 0.25) is 0 Å². The van der Waals surface area contributed by atoms with Crippen molar-refractivity contribution in [1.29, 1.82) is 0 Å². The summed E-state index contributed by atoms with van der Waals surface area (Å²) in [6.45, 7) is 12.7. The van der Waals surface area contributed by atoms with Gasteiger partial charge >= 0.3 is 0 Å². The third-order valence-electron chi connectivity index (χ3n) is 2.86. The lowest BCUT2D eigenvalue weighted by molar-refractivity contribution is 0.351. The molecule has 0 saturated carbocycles. The summed E-state index contributed by atoms with van der Waals surface area (Å²) >= 11 is 0. The van der Waals surface area contributed by atoms with Crippen LogP contribution in [0, 0.1) is 5.41 Å². The van der Waals surface area contributed by atoms with Gasteiger partial charge in [0.15, 0.2) is 0 Å². The predicted molar refractivity (Wildman–Crippen MR) is 70.3 cm³/mol. The van der Waals surface area contributed by atoms with Gasteiger partial charge in [-0.15, -0.1) is 0 Å². The van der Waals surface area contributed by atoms with Crippen molar-refractivity contribution in [2.45, 2.75) is 79.2 Å². The summed E-state index contributed by atoms with van der Waals surface area (Å²) in [5, 5.41) is 3.62. The van der Waals surface area contributed by atoms with Crippen LogP contribution in [0.3, 0.4) is 0 Å². The Balaban J connectivity index is 3.29. The summed E-state index contributed by atoms with van der Waals surface area (Å²) in [6.07, 6.45) is 8.14. The molecule has 0 aliphatic heterocycles. The van der Waals surface area contributed by atoms with E-state index in [0.29, 0.717) is 11.5 Å². The Kier molecular flexibility index (Phi) is 8.13. The maximum Gasteiger partial charge on any atom is 0.00387 e. The van der Waals surface area contributed by atoms with E-state index in [4.69, 9.17) is 0 Å². The van der Waals surface area contributed by atoms with Crippen molar-refractivity contribution >= 4 is 0 Å². The van der Waals surface area contributed by atoms with Crippen LogP contribution in [-0.2, 0) is 0 Å². The molecule has 92 valence electrons. The summed E-state index contributed by atoms with van der Waals surface area (Å²) in [7, 11) is 0. The quantitative estimate of drug-likeness (QED) is 0.590. The summed E-state index contributed by atoms with van der Waals surface area (Å²) in [6, 6.07) is 0.698. The SMILES string of the molecule is CCCCCCC(C)NCCC(C)(C)C. The molecule has 1 heteroatoms. The van der Waals surface area contributed by atoms with Gasteiger partial charge in [-0.3, -0.25) is 0 Å². The molecule has 0 rings (SSSR count). The Labute approximate surface area is 97.0 Å². The third-order valence-corrected chi connectivity index (χ3v) is 2.86. The first-order chi connectivity index (χ1) is 6.95. The summed E-state index contributed by atoms with van der Waals surface area (Å²) in [5.74, 6) is 0. The summed E-state index contributed by atoms with van der Waals surface area (Å²) in [5.41, 5.74) is 0.467. The van der Waals surface area contributed by atoms with Gasteiger partial charge in [0.2, 0.25) is 0 Å². The molecule has 0 aliphatic rings. The Bertz CT molecular complexity index is 135. The maximum absolute atomic E-state index is 3.62. The zero-order chi connectivity index (χ0) is 11.7. The van der Waals surface area contributed by atoms with Crippen LogP contribution in [0.5, 0.6) is 0 Å². The smallest absolute Gasteiger partial charge is 0.00387 e. The second-order valence-corrected chi connectivity index (χ2v) is 6.02. The minimum atomic E-state index is 0.467. The van der Waals surface area contributed by atoms with Crippen molar-refractivity contribution in [3.63, 3.8) is 0 Å². The molecule has 1 N–H and O–H groups in total. The molecule has 15 heavy (non-hydrogen) atoms. The van der Waals surface area contributed by atoms with Crippen molar-refractivity contribution in [2.75, 3.05) is 6.54 Å². The largest absolute Gasteiger partial charge is 0.314 e. The molecule has 0 heterocycles. The van der Waals surface area contributed by atoms with E-state index in [1.165, 1.54) is 45.1 Å². The molecule has 1 atom stereocenters. The fourth-order valence-electron chi connectivity index (χ4n) is 1.67. The van der Waals surface area contributed by atoms with Crippen LogP contribution < -0.4 is 5.32 Å². The normalized spacial score (nSPS) is 14.2. The zero-order valence-electron chi connectivity index (χ0n) is 11.5. The van der Waals surface area contributed by atoms with E-state index in [9.17, 15) is 0 Å². The molecule has 0 aliphatic carbocycles. The van der Waals surface area contributed by atoms with Gasteiger partial charge in [-0.1, -0.05) is 53.4 Å². The molecular weight excluding hydrogens is 182 g/mol. The van der Waals surface area contributed by atoms with Crippen molar-refractivity contribution < 1.29 is 0 Å². The van der Waals surface area contributed by atoms with Crippen LogP contribution in [0.4, 0.5) is 0 Å². The lowest BCUT2D eigenvalue weighted by atomic mass is 9.92. The Morgan fingerprint density at radius 2 is 1.73 bits per heavy atom. The molecular formula is C14H31N.